The van der Waals surface area contributed by atoms with Crippen LogP contribution in [0.3, 0.4) is 0 Å². The van der Waals surface area contributed by atoms with Crippen LogP contribution in [-0.2, 0) is 6.54 Å². The first-order valence-electron chi connectivity index (χ1n) is 6.58. The Balaban J connectivity index is 1.84. The molecule has 1 heterocycles. The van der Waals surface area contributed by atoms with Crippen molar-refractivity contribution in [3.63, 3.8) is 0 Å². The van der Waals surface area contributed by atoms with Crippen molar-refractivity contribution in [1.82, 2.24) is 9.88 Å². The molecule has 0 fully saturated rings. The number of aromatic nitrogens is 1. The number of nitrogens with zero attached hydrogens (tertiary/aromatic N) is 2. The van der Waals surface area contributed by atoms with Gasteiger partial charge in [-0.25, -0.2) is 9.37 Å². The van der Waals surface area contributed by atoms with Crippen LogP contribution < -0.4 is 0 Å². The van der Waals surface area contributed by atoms with E-state index in [9.17, 15) is 9.50 Å². The van der Waals surface area contributed by atoms with E-state index in [1.165, 1.54) is 6.07 Å². The second kappa shape index (κ2) is 6.92. The summed E-state index contributed by atoms with van der Waals surface area (Å²) in [7, 11) is 1.97. The van der Waals surface area contributed by atoms with Crippen molar-refractivity contribution in [2.45, 2.75) is 26.0 Å². The van der Waals surface area contributed by atoms with Crippen molar-refractivity contribution in [3.05, 3.63) is 51.7 Å². The van der Waals surface area contributed by atoms with Crippen molar-refractivity contribution >= 4 is 11.3 Å². The zero-order chi connectivity index (χ0) is 14.5. The quantitative estimate of drug-likeness (QED) is 0.889. The minimum atomic E-state index is -0.768. The lowest BCUT2D eigenvalue weighted by Gasteiger charge is -2.18. The van der Waals surface area contributed by atoms with E-state index in [-0.39, 0.29) is 5.82 Å². The first-order valence-corrected chi connectivity index (χ1v) is 7.46. The van der Waals surface area contributed by atoms with Gasteiger partial charge < -0.3 is 10.0 Å². The topological polar surface area (TPSA) is 36.4 Å². The highest BCUT2D eigenvalue weighted by molar-refractivity contribution is 7.09. The molecule has 1 aromatic heterocycles. The summed E-state index contributed by atoms with van der Waals surface area (Å²) in [6, 6.07) is 6.37. The summed E-state index contributed by atoms with van der Waals surface area (Å²) in [5.41, 5.74) is 1.40. The zero-order valence-electron chi connectivity index (χ0n) is 11.7. The van der Waals surface area contributed by atoms with Crippen LogP contribution >= 0.6 is 11.3 Å². The number of thiazole rings is 1. The minimum absolute atomic E-state index is 0.349. The smallest absolute Gasteiger partial charge is 0.128 e. The molecule has 1 aromatic carbocycles. The standard InChI is InChI=1S/C15H19FN2OS/c1-11-17-12(10-20-11)9-18(2)8-7-15(19)13-5-3-4-6-14(13)16/h3-6,10,15,19H,7-9H2,1-2H3. The summed E-state index contributed by atoms with van der Waals surface area (Å²) in [6.07, 6.45) is -0.267. The van der Waals surface area contributed by atoms with E-state index in [4.69, 9.17) is 0 Å². The van der Waals surface area contributed by atoms with E-state index >= 15 is 0 Å². The van der Waals surface area contributed by atoms with Gasteiger partial charge in [-0.15, -0.1) is 11.3 Å². The molecular weight excluding hydrogens is 275 g/mol. The fourth-order valence-electron chi connectivity index (χ4n) is 2.08. The molecule has 0 saturated carbocycles. The molecule has 108 valence electrons. The lowest BCUT2D eigenvalue weighted by molar-refractivity contribution is 0.143. The Bertz CT molecular complexity index is 558. The molecule has 0 aliphatic rings. The van der Waals surface area contributed by atoms with E-state index in [1.54, 1.807) is 29.5 Å². The monoisotopic (exact) mass is 294 g/mol. The molecule has 1 unspecified atom stereocenters. The fourth-order valence-corrected chi connectivity index (χ4v) is 2.68. The summed E-state index contributed by atoms with van der Waals surface area (Å²) in [5.74, 6) is -0.349. The van der Waals surface area contributed by atoms with E-state index in [1.807, 2.05) is 19.4 Å². The molecule has 0 aliphatic heterocycles. The number of aryl methyl sites for hydroxylation is 1. The Morgan fingerprint density at radius 3 is 2.80 bits per heavy atom. The SMILES string of the molecule is Cc1nc(CN(C)CCC(O)c2ccccc2F)cs1. The van der Waals surface area contributed by atoms with E-state index in [0.29, 0.717) is 18.5 Å². The van der Waals surface area contributed by atoms with Gasteiger partial charge in [0.2, 0.25) is 0 Å². The molecule has 0 radical (unpaired) electrons. The predicted molar refractivity (Wildman–Crippen MR) is 79.2 cm³/mol. The van der Waals surface area contributed by atoms with Gasteiger partial charge in [-0.2, -0.15) is 0 Å². The highest BCUT2D eigenvalue weighted by Gasteiger charge is 2.13. The number of halogens is 1. The summed E-state index contributed by atoms with van der Waals surface area (Å²) in [5, 5.41) is 13.1. The van der Waals surface area contributed by atoms with Crippen molar-refractivity contribution in [1.29, 1.82) is 0 Å². The van der Waals surface area contributed by atoms with Crippen LogP contribution in [0.2, 0.25) is 0 Å². The van der Waals surface area contributed by atoms with Crippen LogP contribution in [0.15, 0.2) is 29.6 Å². The van der Waals surface area contributed by atoms with E-state index < -0.39 is 6.10 Å². The Morgan fingerprint density at radius 1 is 1.40 bits per heavy atom. The lowest BCUT2D eigenvalue weighted by atomic mass is 10.1. The molecule has 0 saturated heterocycles. The second-order valence-electron chi connectivity index (χ2n) is 4.92. The Hall–Kier alpha value is -1.30. The summed E-state index contributed by atoms with van der Waals surface area (Å²) >= 11 is 1.63. The van der Waals surface area contributed by atoms with Crippen LogP contribution in [0.1, 0.15) is 28.8 Å². The number of hydrogen-bond donors (Lipinski definition) is 1. The van der Waals surface area contributed by atoms with E-state index in [2.05, 4.69) is 9.88 Å². The molecule has 2 rings (SSSR count). The number of aliphatic hydroxyl groups excluding tert-OH is 1. The second-order valence-corrected chi connectivity index (χ2v) is 5.98. The average Bonchev–Trinajstić information content (AvgIpc) is 2.82. The normalized spacial score (nSPS) is 12.8. The third-order valence-electron chi connectivity index (χ3n) is 3.15. The van der Waals surface area contributed by atoms with Crippen molar-refractivity contribution in [2.75, 3.05) is 13.6 Å². The molecule has 0 aliphatic carbocycles. The van der Waals surface area contributed by atoms with Gasteiger partial charge in [0, 0.05) is 24.0 Å². The van der Waals surface area contributed by atoms with Gasteiger partial charge in [0.15, 0.2) is 0 Å². The van der Waals surface area contributed by atoms with Crippen molar-refractivity contribution < 1.29 is 9.50 Å². The number of rotatable bonds is 6. The average molecular weight is 294 g/mol. The van der Waals surface area contributed by atoms with Gasteiger partial charge in [0.1, 0.15) is 5.82 Å². The van der Waals surface area contributed by atoms with Crippen molar-refractivity contribution in [3.8, 4) is 0 Å². The molecule has 2 aromatic rings. The summed E-state index contributed by atoms with van der Waals surface area (Å²) in [6.45, 7) is 3.41. The van der Waals surface area contributed by atoms with Gasteiger partial charge in [-0.1, -0.05) is 18.2 Å². The molecule has 0 bridgehead atoms. The minimum Gasteiger partial charge on any atom is -0.388 e. The van der Waals surface area contributed by atoms with Crippen LogP contribution in [0.4, 0.5) is 4.39 Å². The molecule has 1 atom stereocenters. The third-order valence-corrected chi connectivity index (χ3v) is 3.97. The number of benzene rings is 1. The molecule has 3 nitrogen and oxygen atoms in total. The van der Waals surface area contributed by atoms with Crippen molar-refractivity contribution in [2.24, 2.45) is 0 Å². The molecule has 5 heteroatoms. The highest BCUT2D eigenvalue weighted by atomic mass is 32.1. The van der Waals surface area contributed by atoms with Gasteiger partial charge in [-0.3, -0.25) is 0 Å². The summed E-state index contributed by atoms with van der Waals surface area (Å²) < 4.78 is 13.5. The van der Waals surface area contributed by atoms with Gasteiger partial charge in [0.05, 0.1) is 16.8 Å². The first-order chi connectivity index (χ1) is 9.56. The highest BCUT2D eigenvalue weighted by Crippen LogP contribution is 2.20. The fraction of sp³-hybridized carbons (Fsp3) is 0.400. The Kier molecular flexibility index (Phi) is 5.23. The van der Waals surface area contributed by atoms with E-state index in [0.717, 1.165) is 17.2 Å². The van der Waals surface area contributed by atoms with Gasteiger partial charge in [-0.05, 0) is 26.5 Å². The molecule has 0 amide bonds. The Labute approximate surface area is 122 Å². The first kappa shape index (κ1) is 15.1. The molecule has 20 heavy (non-hydrogen) atoms. The van der Waals surface area contributed by atoms with Gasteiger partial charge >= 0.3 is 0 Å². The maximum atomic E-state index is 13.5. The predicted octanol–water partition coefficient (Wildman–Crippen LogP) is 3.15. The Morgan fingerprint density at radius 2 is 2.15 bits per heavy atom. The maximum Gasteiger partial charge on any atom is 0.128 e. The molecule has 0 spiro atoms. The number of hydrogen-bond acceptors (Lipinski definition) is 4. The van der Waals surface area contributed by atoms with Gasteiger partial charge in [0.25, 0.3) is 0 Å². The third kappa shape index (κ3) is 4.10. The molecule has 1 N–H and O–H groups in total. The van der Waals surface area contributed by atoms with Crippen LogP contribution in [0.25, 0.3) is 0 Å². The van der Waals surface area contributed by atoms with Crippen LogP contribution in [0, 0.1) is 12.7 Å². The largest absolute Gasteiger partial charge is 0.388 e. The lowest BCUT2D eigenvalue weighted by Crippen LogP contribution is -2.21. The maximum absolute atomic E-state index is 13.5. The van der Waals surface area contributed by atoms with Crippen LogP contribution in [0.5, 0.6) is 0 Å². The molecular formula is C15H19FN2OS. The van der Waals surface area contributed by atoms with Crippen LogP contribution in [-0.4, -0.2) is 28.6 Å². The number of aliphatic hydroxyl groups is 1. The zero-order valence-corrected chi connectivity index (χ0v) is 12.5. The summed E-state index contributed by atoms with van der Waals surface area (Å²) in [4.78, 5) is 6.49.